The van der Waals surface area contributed by atoms with Crippen LogP contribution in [-0.4, -0.2) is 24.8 Å². The topological polar surface area (TPSA) is 61.3 Å². The molecule has 3 rings (SSSR count). The maximum Gasteiger partial charge on any atom is 0.123 e. The molecule has 0 spiro atoms. The second-order valence-corrected chi connectivity index (χ2v) is 6.78. The molecule has 1 saturated carbocycles. The maximum atomic E-state index is 12.9. The average molecular weight is 292 g/mol. The van der Waals surface area contributed by atoms with Crippen LogP contribution in [0.3, 0.4) is 0 Å². The summed E-state index contributed by atoms with van der Waals surface area (Å²) < 4.78 is 18.4. The van der Waals surface area contributed by atoms with E-state index >= 15 is 0 Å². The molecule has 1 heterocycles. The first-order chi connectivity index (χ1) is 10.1. The normalized spacial score (nSPS) is 36.8. The molecule has 4 heteroatoms. The van der Waals surface area contributed by atoms with E-state index in [1.807, 2.05) is 12.1 Å². The molecule has 1 aromatic rings. The number of nitrogens with two attached hydrogens (primary N) is 2. The van der Waals surface area contributed by atoms with Gasteiger partial charge in [0.15, 0.2) is 0 Å². The number of rotatable bonds is 3. The van der Waals surface area contributed by atoms with E-state index in [1.54, 1.807) is 12.1 Å². The summed E-state index contributed by atoms with van der Waals surface area (Å²) in [6, 6.07) is 6.85. The molecule has 2 unspecified atom stereocenters. The van der Waals surface area contributed by atoms with Gasteiger partial charge in [0.05, 0.1) is 18.8 Å². The van der Waals surface area contributed by atoms with Gasteiger partial charge in [-0.05, 0) is 61.6 Å². The lowest BCUT2D eigenvalue weighted by Gasteiger charge is -2.40. The van der Waals surface area contributed by atoms with Crippen LogP contribution in [0.2, 0.25) is 0 Å². The smallest absolute Gasteiger partial charge is 0.123 e. The minimum absolute atomic E-state index is 0.0313. The lowest BCUT2D eigenvalue weighted by atomic mass is 9.69. The van der Waals surface area contributed by atoms with Gasteiger partial charge < -0.3 is 16.2 Å². The first-order valence-corrected chi connectivity index (χ1v) is 7.94. The van der Waals surface area contributed by atoms with Crippen LogP contribution in [0.4, 0.5) is 4.39 Å². The minimum Gasteiger partial charge on any atom is -0.378 e. The second-order valence-electron chi connectivity index (χ2n) is 6.78. The lowest BCUT2D eigenvalue weighted by Crippen LogP contribution is -2.60. The zero-order chi connectivity index (χ0) is 14.9. The number of halogens is 1. The van der Waals surface area contributed by atoms with Crippen LogP contribution < -0.4 is 11.5 Å². The number of benzene rings is 1. The van der Waals surface area contributed by atoms with Gasteiger partial charge in [-0.3, -0.25) is 0 Å². The standard InChI is InChI=1S/C17H25FN2O/c18-15-7-3-13(4-8-15)9-12-1-5-14(6-2-12)17(20)11-21-10-16(17)19/h3-4,7-8,12,14,16H,1-2,5-6,9-11,19-20H2. The van der Waals surface area contributed by atoms with E-state index in [0.717, 1.165) is 19.3 Å². The SMILES string of the molecule is NC1COCC1(N)C1CCC(Cc2ccc(F)cc2)CC1. The Kier molecular flexibility index (Phi) is 4.29. The highest BCUT2D eigenvalue weighted by Gasteiger charge is 2.45. The monoisotopic (exact) mass is 292 g/mol. The quantitative estimate of drug-likeness (QED) is 0.898. The fourth-order valence-corrected chi connectivity index (χ4v) is 3.90. The molecule has 1 aliphatic carbocycles. The number of hydrogen-bond donors (Lipinski definition) is 2. The van der Waals surface area contributed by atoms with Crippen molar-refractivity contribution >= 4 is 0 Å². The van der Waals surface area contributed by atoms with Gasteiger partial charge in [0.1, 0.15) is 5.82 Å². The minimum atomic E-state index is -0.332. The summed E-state index contributed by atoms with van der Waals surface area (Å²) in [5.74, 6) is 0.982. The third-order valence-electron chi connectivity index (χ3n) is 5.38. The van der Waals surface area contributed by atoms with Gasteiger partial charge in [-0.15, -0.1) is 0 Å². The molecule has 4 N–H and O–H groups in total. The largest absolute Gasteiger partial charge is 0.378 e. The summed E-state index contributed by atoms with van der Waals surface area (Å²) in [6.07, 6.45) is 5.63. The third kappa shape index (κ3) is 3.12. The number of ether oxygens (including phenoxy) is 1. The van der Waals surface area contributed by atoms with Crippen LogP contribution in [0.1, 0.15) is 31.2 Å². The van der Waals surface area contributed by atoms with Crippen molar-refractivity contribution in [1.82, 2.24) is 0 Å². The predicted molar refractivity (Wildman–Crippen MR) is 81.3 cm³/mol. The second kappa shape index (κ2) is 6.03. The molecular weight excluding hydrogens is 267 g/mol. The van der Waals surface area contributed by atoms with E-state index in [-0.39, 0.29) is 17.4 Å². The van der Waals surface area contributed by atoms with Crippen LogP contribution in [0.25, 0.3) is 0 Å². The molecule has 0 bridgehead atoms. The maximum absolute atomic E-state index is 12.9. The summed E-state index contributed by atoms with van der Waals surface area (Å²) >= 11 is 0. The Bertz CT molecular complexity index is 470. The van der Waals surface area contributed by atoms with Gasteiger partial charge in [-0.2, -0.15) is 0 Å². The van der Waals surface area contributed by atoms with Crippen LogP contribution in [0.15, 0.2) is 24.3 Å². The molecule has 0 amide bonds. The Hall–Kier alpha value is -0.970. The summed E-state index contributed by atoms with van der Waals surface area (Å²) in [7, 11) is 0. The zero-order valence-corrected chi connectivity index (χ0v) is 12.4. The Morgan fingerprint density at radius 2 is 1.81 bits per heavy atom. The van der Waals surface area contributed by atoms with Crippen molar-refractivity contribution in [3.63, 3.8) is 0 Å². The van der Waals surface area contributed by atoms with E-state index in [1.165, 1.54) is 18.4 Å². The van der Waals surface area contributed by atoms with Gasteiger partial charge in [-0.25, -0.2) is 4.39 Å². The predicted octanol–water partition coefficient (Wildman–Crippen LogP) is 2.23. The van der Waals surface area contributed by atoms with E-state index in [0.29, 0.717) is 25.0 Å². The van der Waals surface area contributed by atoms with Crippen molar-refractivity contribution in [3.05, 3.63) is 35.6 Å². The molecule has 21 heavy (non-hydrogen) atoms. The van der Waals surface area contributed by atoms with Crippen LogP contribution in [0, 0.1) is 17.7 Å². The van der Waals surface area contributed by atoms with Crippen molar-refractivity contribution in [3.8, 4) is 0 Å². The van der Waals surface area contributed by atoms with Gasteiger partial charge >= 0.3 is 0 Å². The fourth-order valence-electron chi connectivity index (χ4n) is 3.90. The molecule has 2 aliphatic rings. The molecule has 1 saturated heterocycles. The third-order valence-corrected chi connectivity index (χ3v) is 5.38. The van der Waals surface area contributed by atoms with E-state index in [4.69, 9.17) is 16.2 Å². The molecule has 1 aliphatic heterocycles. The molecule has 2 atom stereocenters. The zero-order valence-electron chi connectivity index (χ0n) is 12.4. The molecular formula is C17H25FN2O. The highest BCUT2D eigenvalue weighted by Crippen LogP contribution is 2.38. The summed E-state index contributed by atoms with van der Waals surface area (Å²) in [4.78, 5) is 0. The van der Waals surface area contributed by atoms with E-state index in [9.17, 15) is 4.39 Å². The van der Waals surface area contributed by atoms with Crippen molar-refractivity contribution < 1.29 is 9.13 Å². The Labute approximate surface area is 125 Å². The van der Waals surface area contributed by atoms with E-state index in [2.05, 4.69) is 0 Å². The van der Waals surface area contributed by atoms with Crippen molar-refractivity contribution in [2.75, 3.05) is 13.2 Å². The first kappa shape index (κ1) is 14.9. The molecule has 3 nitrogen and oxygen atoms in total. The van der Waals surface area contributed by atoms with Crippen LogP contribution in [0.5, 0.6) is 0 Å². The summed E-state index contributed by atoms with van der Waals surface area (Å²) in [5.41, 5.74) is 13.5. The van der Waals surface area contributed by atoms with Crippen molar-refractivity contribution in [2.45, 2.75) is 43.7 Å². The molecule has 116 valence electrons. The van der Waals surface area contributed by atoms with E-state index < -0.39 is 0 Å². The molecule has 0 radical (unpaired) electrons. The van der Waals surface area contributed by atoms with Gasteiger partial charge in [-0.1, -0.05) is 12.1 Å². The first-order valence-electron chi connectivity index (χ1n) is 7.94. The highest BCUT2D eigenvalue weighted by molar-refractivity contribution is 5.17. The van der Waals surface area contributed by atoms with Gasteiger partial charge in [0, 0.05) is 6.04 Å². The lowest BCUT2D eigenvalue weighted by molar-refractivity contribution is 0.127. The van der Waals surface area contributed by atoms with Gasteiger partial charge in [0.25, 0.3) is 0 Å². The van der Waals surface area contributed by atoms with Gasteiger partial charge in [0.2, 0.25) is 0 Å². The average Bonchev–Trinajstić information content (AvgIpc) is 2.83. The van der Waals surface area contributed by atoms with Crippen LogP contribution in [-0.2, 0) is 11.2 Å². The van der Waals surface area contributed by atoms with Crippen molar-refractivity contribution in [2.24, 2.45) is 23.3 Å². The summed E-state index contributed by atoms with van der Waals surface area (Å²) in [6.45, 7) is 1.19. The number of hydrogen-bond acceptors (Lipinski definition) is 3. The van der Waals surface area contributed by atoms with Crippen LogP contribution >= 0.6 is 0 Å². The van der Waals surface area contributed by atoms with Crippen molar-refractivity contribution in [1.29, 1.82) is 0 Å². The fraction of sp³-hybridized carbons (Fsp3) is 0.647. The Morgan fingerprint density at radius 1 is 1.14 bits per heavy atom. The Morgan fingerprint density at radius 3 is 2.38 bits per heavy atom. The highest BCUT2D eigenvalue weighted by atomic mass is 19.1. The Balaban J connectivity index is 1.54. The molecule has 1 aromatic carbocycles. The molecule has 2 fully saturated rings. The molecule has 0 aromatic heterocycles. The summed E-state index contributed by atoms with van der Waals surface area (Å²) in [5, 5.41) is 0.